The van der Waals surface area contributed by atoms with E-state index in [-0.39, 0.29) is 18.4 Å². The van der Waals surface area contributed by atoms with E-state index in [4.69, 9.17) is 27.9 Å². The van der Waals surface area contributed by atoms with Gasteiger partial charge in [0, 0.05) is 23.5 Å². The number of nitrogens with one attached hydrogen (secondary N) is 1. The molecule has 5 nitrogen and oxygen atoms in total. The van der Waals surface area contributed by atoms with Crippen LogP contribution in [0.2, 0.25) is 10.0 Å². The van der Waals surface area contributed by atoms with E-state index in [9.17, 15) is 9.59 Å². The van der Waals surface area contributed by atoms with Crippen LogP contribution in [0.25, 0.3) is 0 Å². The summed E-state index contributed by atoms with van der Waals surface area (Å²) in [5.74, 6) is -0.0577. The average molecular weight is 381 g/mol. The Morgan fingerprint density at radius 1 is 1.08 bits per heavy atom. The zero-order chi connectivity index (χ0) is 18.4. The van der Waals surface area contributed by atoms with Crippen molar-refractivity contribution in [2.75, 3.05) is 19.0 Å². The van der Waals surface area contributed by atoms with Crippen molar-refractivity contribution in [2.24, 2.45) is 0 Å². The first-order chi connectivity index (χ1) is 11.9. The molecule has 2 aromatic carbocycles. The molecule has 0 atom stereocenters. The lowest BCUT2D eigenvalue weighted by atomic mass is 10.2. The summed E-state index contributed by atoms with van der Waals surface area (Å²) < 4.78 is 5.19. The summed E-state index contributed by atoms with van der Waals surface area (Å²) >= 11 is 11.8. The van der Waals surface area contributed by atoms with Crippen molar-refractivity contribution in [3.8, 4) is 5.75 Å². The Labute approximate surface area is 156 Å². The molecule has 0 radical (unpaired) electrons. The second kappa shape index (κ2) is 8.74. The number of ether oxygens (including phenoxy) is 1. The topological polar surface area (TPSA) is 58.6 Å². The number of hydrogen-bond acceptors (Lipinski definition) is 3. The van der Waals surface area contributed by atoms with Crippen LogP contribution >= 0.6 is 23.2 Å². The molecule has 2 aromatic rings. The number of methoxy groups -OCH3 is 1. The molecule has 0 fully saturated rings. The van der Waals surface area contributed by atoms with Crippen LogP contribution in [0.4, 0.5) is 5.69 Å². The Morgan fingerprint density at radius 3 is 2.32 bits per heavy atom. The molecule has 0 unspecified atom stereocenters. The van der Waals surface area contributed by atoms with Gasteiger partial charge in [-0.15, -0.1) is 0 Å². The highest BCUT2D eigenvalue weighted by Gasteiger charge is 2.16. The van der Waals surface area contributed by atoms with Crippen LogP contribution in [0.3, 0.4) is 0 Å². The lowest BCUT2D eigenvalue weighted by Gasteiger charge is -2.21. The van der Waals surface area contributed by atoms with Gasteiger partial charge in [-0.2, -0.15) is 0 Å². The number of hydrogen-bond donors (Lipinski definition) is 1. The van der Waals surface area contributed by atoms with E-state index in [1.54, 1.807) is 30.3 Å². The highest BCUT2D eigenvalue weighted by Crippen LogP contribution is 2.27. The molecule has 132 valence electrons. The van der Waals surface area contributed by atoms with E-state index in [0.717, 1.165) is 5.56 Å². The van der Waals surface area contributed by atoms with E-state index in [1.165, 1.54) is 18.9 Å². The third-order valence-corrected chi connectivity index (χ3v) is 3.99. The van der Waals surface area contributed by atoms with Gasteiger partial charge < -0.3 is 15.0 Å². The third-order valence-electron chi connectivity index (χ3n) is 3.50. The highest BCUT2D eigenvalue weighted by atomic mass is 35.5. The van der Waals surface area contributed by atoms with Gasteiger partial charge in [0.05, 0.1) is 12.8 Å². The molecular weight excluding hydrogens is 363 g/mol. The van der Waals surface area contributed by atoms with Crippen molar-refractivity contribution in [3.05, 3.63) is 58.1 Å². The van der Waals surface area contributed by atoms with Crippen molar-refractivity contribution >= 4 is 40.7 Å². The van der Waals surface area contributed by atoms with Crippen molar-refractivity contribution in [3.63, 3.8) is 0 Å². The fourth-order valence-electron chi connectivity index (χ4n) is 2.23. The molecule has 0 spiro atoms. The summed E-state index contributed by atoms with van der Waals surface area (Å²) in [7, 11) is 1.50. The fraction of sp³-hybridized carbons (Fsp3) is 0.222. The molecule has 2 amide bonds. The van der Waals surface area contributed by atoms with Crippen LogP contribution in [-0.4, -0.2) is 30.4 Å². The minimum absolute atomic E-state index is 0.0897. The summed E-state index contributed by atoms with van der Waals surface area (Å²) in [6.07, 6.45) is 0. The van der Waals surface area contributed by atoms with E-state index in [1.807, 2.05) is 12.1 Å². The Balaban J connectivity index is 2.06. The largest absolute Gasteiger partial charge is 0.495 e. The molecule has 0 bridgehead atoms. The number of amides is 2. The van der Waals surface area contributed by atoms with E-state index in [2.05, 4.69) is 5.32 Å². The first-order valence-corrected chi connectivity index (χ1v) is 8.28. The smallest absolute Gasteiger partial charge is 0.244 e. The van der Waals surface area contributed by atoms with E-state index < -0.39 is 0 Å². The van der Waals surface area contributed by atoms with Gasteiger partial charge in [-0.25, -0.2) is 0 Å². The minimum Gasteiger partial charge on any atom is -0.495 e. The SMILES string of the molecule is COc1ccc(Cl)cc1NC(=O)CN(Cc1ccc(Cl)cc1)C(C)=O. The molecule has 2 rings (SSSR count). The molecule has 0 saturated carbocycles. The number of carbonyl (C=O) groups excluding carboxylic acids is 2. The van der Waals surface area contributed by atoms with Crippen molar-refractivity contribution in [2.45, 2.75) is 13.5 Å². The number of carbonyl (C=O) groups is 2. The van der Waals surface area contributed by atoms with Gasteiger partial charge in [0.1, 0.15) is 12.3 Å². The van der Waals surface area contributed by atoms with Crippen molar-refractivity contribution in [1.82, 2.24) is 4.90 Å². The lowest BCUT2D eigenvalue weighted by molar-refractivity contribution is -0.133. The first kappa shape index (κ1) is 19.1. The van der Waals surface area contributed by atoms with Crippen LogP contribution in [-0.2, 0) is 16.1 Å². The predicted molar refractivity (Wildman–Crippen MR) is 99.2 cm³/mol. The molecule has 1 N–H and O–H groups in total. The molecule has 0 aliphatic rings. The third kappa shape index (κ3) is 5.66. The molecule has 0 aromatic heterocycles. The number of nitrogens with zero attached hydrogens (tertiary/aromatic N) is 1. The van der Waals surface area contributed by atoms with Gasteiger partial charge in [-0.1, -0.05) is 35.3 Å². The number of halogens is 2. The van der Waals surface area contributed by atoms with E-state index in [0.29, 0.717) is 28.0 Å². The van der Waals surface area contributed by atoms with Gasteiger partial charge in [0.15, 0.2) is 0 Å². The molecule has 25 heavy (non-hydrogen) atoms. The van der Waals surface area contributed by atoms with Crippen molar-refractivity contribution < 1.29 is 14.3 Å². The van der Waals surface area contributed by atoms with E-state index >= 15 is 0 Å². The molecule has 0 saturated heterocycles. The monoisotopic (exact) mass is 380 g/mol. The Morgan fingerprint density at radius 2 is 1.72 bits per heavy atom. The Hall–Kier alpha value is -2.24. The Bertz CT molecular complexity index is 763. The number of anilines is 1. The second-order valence-corrected chi connectivity index (χ2v) is 6.27. The van der Waals surface area contributed by atoms with Crippen LogP contribution in [0, 0.1) is 0 Å². The zero-order valence-electron chi connectivity index (χ0n) is 13.9. The molecule has 0 heterocycles. The fourth-order valence-corrected chi connectivity index (χ4v) is 2.53. The van der Waals surface area contributed by atoms with Gasteiger partial charge in [0.25, 0.3) is 0 Å². The standard InChI is InChI=1S/C18H18Cl2N2O3/c1-12(23)22(10-13-3-5-14(19)6-4-13)11-18(24)21-16-9-15(20)7-8-17(16)25-2/h3-9H,10-11H2,1-2H3,(H,21,24). The normalized spacial score (nSPS) is 10.2. The predicted octanol–water partition coefficient (Wildman–Crippen LogP) is 3.99. The lowest BCUT2D eigenvalue weighted by Crippen LogP contribution is -2.36. The maximum atomic E-state index is 12.3. The van der Waals surface area contributed by atoms with Gasteiger partial charge >= 0.3 is 0 Å². The molecule has 7 heteroatoms. The summed E-state index contributed by atoms with van der Waals surface area (Å²) in [5.41, 5.74) is 1.34. The van der Waals surface area contributed by atoms with Crippen molar-refractivity contribution in [1.29, 1.82) is 0 Å². The van der Waals surface area contributed by atoms with Crippen LogP contribution in [0.1, 0.15) is 12.5 Å². The van der Waals surface area contributed by atoms with Gasteiger partial charge in [0.2, 0.25) is 11.8 Å². The maximum absolute atomic E-state index is 12.3. The molecule has 0 aliphatic carbocycles. The van der Waals surface area contributed by atoms with Crippen LogP contribution < -0.4 is 10.1 Å². The Kier molecular flexibility index (Phi) is 6.67. The minimum atomic E-state index is -0.343. The quantitative estimate of drug-likeness (QED) is 0.823. The zero-order valence-corrected chi connectivity index (χ0v) is 15.4. The molecule has 0 aliphatic heterocycles. The first-order valence-electron chi connectivity index (χ1n) is 7.52. The van der Waals surface area contributed by atoms with Gasteiger partial charge in [-0.05, 0) is 35.9 Å². The average Bonchev–Trinajstić information content (AvgIpc) is 2.56. The number of benzene rings is 2. The summed E-state index contributed by atoms with van der Waals surface area (Å²) in [6.45, 7) is 1.64. The van der Waals surface area contributed by atoms with Crippen LogP contribution in [0.15, 0.2) is 42.5 Å². The summed E-state index contributed by atoms with van der Waals surface area (Å²) in [5, 5.41) is 3.81. The summed E-state index contributed by atoms with van der Waals surface area (Å²) in [6, 6.07) is 12.0. The second-order valence-electron chi connectivity index (χ2n) is 5.39. The van der Waals surface area contributed by atoms with Crippen LogP contribution in [0.5, 0.6) is 5.75 Å². The number of rotatable bonds is 6. The molecular formula is C18H18Cl2N2O3. The maximum Gasteiger partial charge on any atom is 0.244 e. The highest BCUT2D eigenvalue weighted by molar-refractivity contribution is 6.31. The van der Waals surface area contributed by atoms with Gasteiger partial charge in [-0.3, -0.25) is 9.59 Å². The summed E-state index contributed by atoms with van der Waals surface area (Å²) in [4.78, 5) is 25.6.